The Bertz CT molecular complexity index is 853. The topological polar surface area (TPSA) is 80.7 Å². The number of pyridine rings is 2. The van der Waals surface area contributed by atoms with Crippen molar-refractivity contribution in [2.45, 2.75) is 32.7 Å². The highest BCUT2D eigenvalue weighted by Gasteiger charge is 2.19. The van der Waals surface area contributed by atoms with Gasteiger partial charge in [0.05, 0.1) is 23.8 Å². The molecule has 0 fully saturated rings. The molecule has 118 valence electrons. The van der Waals surface area contributed by atoms with Crippen LogP contribution in [0.5, 0.6) is 0 Å². The lowest BCUT2D eigenvalue weighted by atomic mass is 9.98. The number of rotatable bonds is 3. The van der Waals surface area contributed by atoms with Crippen LogP contribution < -0.4 is 5.32 Å². The Kier molecular flexibility index (Phi) is 4.04. The summed E-state index contributed by atoms with van der Waals surface area (Å²) in [4.78, 5) is 20.5. The van der Waals surface area contributed by atoms with Crippen molar-refractivity contribution in [3.63, 3.8) is 0 Å². The molecule has 1 amide bonds. The fourth-order valence-electron chi connectivity index (χ4n) is 1.98. The van der Waals surface area contributed by atoms with Gasteiger partial charge in [0.25, 0.3) is 5.91 Å². The van der Waals surface area contributed by atoms with Gasteiger partial charge in [-0.1, -0.05) is 32.1 Å². The molecule has 1 N–H and O–H groups in total. The second-order valence-electron chi connectivity index (χ2n) is 6.23. The average Bonchev–Trinajstić information content (AvgIpc) is 3.01. The number of hydrogen-bond acceptors (Lipinski definition) is 6. The highest BCUT2D eigenvalue weighted by molar-refractivity contribution is 7.11. The molecular weight excluding hydrogens is 310 g/mol. The maximum Gasteiger partial charge on any atom is 0.253 e. The molecule has 0 aliphatic heterocycles. The third kappa shape index (κ3) is 3.50. The Labute approximate surface area is 138 Å². The van der Waals surface area contributed by atoms with Gasteiger partial charge in [-0.2, -0.15) is 0 Å². The zero-order valence-electron chi connectivity index (χ0n) is 13.2. The SMILES string of the molecule is CC(C)(C)c1nnc(CNC(=O)c2cnc3cnccc3c2)s1. The Balaban J connectivity index is 1.70. The molecule has 6 nitrogen and oxygen atoms in total. The first-order chi connectivity index (χ1) is 10.9. The van der Waals surface area contributed by atoms with E-state index in [0.29, 0.717) is 12.1 Å². The minimum atomic E-state index is -0.177. The van der Waals surface area contributed by atoms with Crippen LogP contribution in [0.2, 0.25) is 0 Å². The van der Waals surface area contributed by atoms with Crippen LogP contribution in [-0.4, -0.2) is 26.1 Å². The summed E-state index contributed by atoms with van der Waals surface area (Å²) in [5.41, 5.74) is 1.25. The lowest BCUT2D eigenvalue weighted by Gasteiger charge is -2.12. The quantitative estimate of drug-likeness (QED) is 0.800. The van der Waals surface area contributed by atoms with Gasteiger partial charge in [0.1, 0.15) is 10.0 Å². The van der Waals surface area contributed by atoms with E-state index in [1.165, 1.54) is 11.3 Å². The van der Waals surface area contributed by atoms with Crippen molar-refractivity contribution in [3.8, 4) is 0 Å². The van der Waals surface area contributed by atoms with E-state index in [-0.39, 0.29) is 11.3 Å². The fourth-order valence-corrected chi connectivity index (χ4v) is 2.82. The first-order valence-electron chi connectivity index (χ1n) is 7.24. The predicted octanol–water partition coefficient (Wildman–Crippen LogP) is 2.71. The molecule has 0 atom stereocenters. The number of aromatic nitrogens is 4. The van der Waals surface area contributed by atoms with Crippen LogP contribution >= 0.6 is 11.3 Å². The minimum Gasteiger partial charge on any atom is -0.345 e. The van der Waals surface area contributed by atoms with E-state index >= 15 is 0 Å². The summed E-state index contributed by atoms with van der Waals surface area (Å²) in [6.07, 6.45) is 4.91. The number of nitrogens with zero attached hydrogens (tertiary/aromatic N) is 4. The van der Waals surface area contributed by atoms with Crippen molar-refractivity contribution in [3.05, 3.63) is 46.3 Å². The third-order valence-corrected chi connectivity index (χ3v) is 4.61. The number of fused-ring (bicyclic) bond motifs is 1. The molecule has 3 heterocycles. The van der Waals surface area contributed by atoms with E-state index in [4.69, 9.17) is 0 Å². The first kappa shape index (κ1) is 15.5. The highest BCUT2D eigenvalue weighted by Crippen LogP contribution is 2.25. The van der Waals surface area contributed by atoms with Crippen molar-refractivity contribution < 1.29 is 4.79 Å². The molecule has 3 rings (SSSR count). The fraction of sp³-hybridized carbons (Fsp3) is 0.312. The summed E-state index contributed by atoms with van der Waals surface area (Å²) in [7, 11) is 0. The zero-order valence-corrected chi connectivity index (χ0v) is 14.0. The molecule has 0 saturated carbocycles. The molecule has 3 aromatic rings. The maximum absolute atomic E-state index is 12.3. The molecule has 0 aliphatic rings. The van der Waals surface area contributed by atoms with E-state index < -0.39 is 0 Å². The number of carbonyl (C=O) groups is 1. The number of carbonyl (C=O) groups excluding carboxylic acids is 1. The van der Waals surface area contributed by atoms with Crippen LogP contribution in [0.4, 0.5) is 0 Å². The van der Waals surface area contributed by atoms with Crippen LogP contribution in [0, 0.1) is 0 Å². The van der Waals surface area contributed by atoms with E-state index in [1.807, 2.05) is 6.07 Å². The second kappa shape index (κ2) is 6.00. The van der Waals surface area contributed by atoms with Crippen molar-refractivity contribution in [2.75, 3.05) is 0 Å². The van der Waals surface area contributed by atoms with Crippen LogP contribution in [0.3, 0.4) is 0 Å². The monoisotopic (exact) mass is 327 g/mol. The van der Waals surface area contributed by atoms with Gasteiger partial charge in [-0.3, -0.25) is 14.8 Å². The van der Waals surface area contributed by atoms with Gasteiger partial charge in [0.15, 0.2) is 0 Å². The van der Waals surface area contributed by atoms with E-state index in [0.717, 1.165) is 20.9 Å². The maximum atomic E-state index is 12.3. The largest absolute Gasteiger partial charge is 0.345 e. The van der Waals surface area contributed by atoms with Crippen LogP contribution in [-0.2, 0) is 12.0 Å². The summed E-state index contributed by atoms with van der Waals surface area (Å²) < 4.78 is 0. The normalized spacial score (nSPS) is 11.6. The summed E-state index contributed by atoms with van der Waals surface area (Å²) in [6, 6.07) is 3.64. The Morgan fingerprint density at radius 1 is 1.26 bits per heavy atom. The van der Waals surface area contributed by atoms with Crippen molar-refractivity contribution in [1.82, 2.24) is 25.5 Å². The molecule has 0 radical (unpaired) electrons. The number of amides is 1. The molecule has 0 bridgehead atoms. The van der Waals surface area contributed by atoms with Crippen molar-refractivity contribution >= 4 is 28.1 Å². The molecule has 0 saturated heterocycles. The lowest BCUT2D eigenvalue weighted by molar-refractivity contribution is 0.0950. The standard InChI is InChI=1S/C16H17N5OS/c1-16(2,3)15-21-20-13(23-15)9-19-14(22)11-6-10-4-5-17-8-12(10)18-7-11/h4-8H,9H2,1-3H3,(H,19,22). The van der Waals surface area contributed by atoms with E-state index in [9.17, 15) is 4.79 Å². The number of hydrogen-bond donors (Lipinski definition) is 1. The predicted molar refractivity (Wildman–Crippen MR) is 89.3 cm³/mol. The summed E-state index contributed by atoms with van der Waals surface area (Å²) in [6.45, 7) is 6.63. The molecule has 23 heavy (non-hydrogen) atoms. The number of nitrogens with one attached hydrogen (secondary N) is 1. The van der Waals surface area contributed by atoms with Gasteiger partial charge >= 0.3 is 0 Å². The van der Waals surface area contributed by atoms with Gasteiger partial charge in [-0.15, -0.1) is 10.2 Å². The Morgan fingerprint density at radius 2 is 2.09 bits per heavy atom. The van der Waals surface area contributed by atoms with Crippen molar-refractivity contribution in [1.29, 1.82) is 0 Å². The van der Waals surface area contributed by atoms with Gasteiger partial charge in [0, 0.05) is 23.2 Å². The van der Waals surface area contributed by atoms with Crippen LogP contribution in [0.1, 0.15) is 41.1 Å². The van der Waals surface area contributed by atoms with Gasteiger partial charge in [-0.25, -0.2) is 0 Å². The summed E-state index contributed by atoms with van der Waals surface area (Å²) in [5.74, 6) is -0.177. The smallest absolute Gasteiger partial charge is 0.253 e. The molecule has 0 spiro atoms. The summed E-state index contributed by atoms with van der Waals surface area (Å²) >= 11 is 1.52. The molecule has 7 heteroatoms. The average molecular weight is 327 g/mol. The summed E-state index contributed by atoms with van der Waals surface area (Å²) in [5, 5.41) is 13.8. The second-order valence-corrected chi connectivity index (χ2v) is 7.29. The molecular formula is C16H17N5OS. The lowest BCUT2D eigenvalue weighted by Crippen LogP contribution is -2.22. The first-order valence-corrected chi connectivity index (χ1v) is 8.06. The van der Waals surface area contributed by atoms with Gasteiger partial charge in [0.2, 0.25) is 0 Å². The van der Waals surface area contributed by atoms with Crippen molar-refractivity contribution in [2.24, 2.45) is 0 Å². The molecule has 0 unspecified atom stereocenters. The molecule has 0 aliphatic carbocycles. The molecule has 0 aromatic carbocycles. The highest BCUT2D eigenvalue weighted by atomic mass is 32.1. The minimum absolute atomic E-state index is 0.0315. The van der Waals surface area contributed by atoms with Gasteiger partial charge < -0.3 is 5.32 Å². The Hall–Kier alpha value is -2.41. The van der Waals surface area contributed by atoms with Crippen LogP contribution in [0.25, 0.3) is 10.9 Å². The molecule has 3 aromatic heterocycles. The zero-order chi connectivity index (χ0) is 16.4. The third-order valence-electron chi connectivity index (χ3n) is 3.26. The van der Waals surface area contributed by atoms with Gasteiger partial charge in [-0.05, 0) is 12.1 Å². The van der Waals surface area contributed by atoms with E-state index in [1.54, 1.807) is 24.7 Å². The van der Waals surface area contributed by atoms with Crippen LogP contribution in [0.15, 0.2) is 30.7 Å². The Morgan fingerprint density at radius 3 is 2.83 bits per heavy atom. The van der Waals surface area contributed by atoms with E-state index in [2.05, 4.69) is 46.3 Å².